The molecular weight excluding hydrogens is 204 g/mol. The van der Waals surface area contributed by atoms with Crippen molar-refractivity contribution in [2.45, 2.75) is 19.3 Å². The van der Waals surface area contributed by atoms with E-state index in [1.807, 2.05) is 6.08 Å². The minimum absolute atomic E-state index is 0.248. The third-order valence-electron chi connectivity index (χ3n) is 2.63. The summed E-state index contributed by atoms with van der Waals surface area (Å²) in [6, 6.07) is 0. The maximum absolute atomic E-state index is 11.0. The topological polar surface area (TPSA) is 35.5 Å². The Morgan fingerprint density at radius 1 is 1.44 bits per heavy atom. The Bertz CT molecular complexity index is 375. The molecule has 1 aliphatic heterocycles. The Hall–Kier alpha value is -1.77. The molecule has 0 saturated carbocycles. The van der Waals surface area contributed by atoms with Crippen molar-refractivity contribution in [1.29, 1.82) is 0 Å². The lowest BCUT2D eigenvalue weighted by Gasteiger charge is -2.17. The van der Waals surface area contributed by atoms with Gasteiger partial charge in [0.2, 0.25) is 0 Å². The van der Waals surface area contributed by atoms with E-state index in [9.17, 15) is 4.79 Å². The fourth-order valence-electron chi connectivity index (χ4n) is 1.77. The van der Waals surface area contributed by atoms with E-state index in [4.69, 9.17) is 9.47 Å². The third-order valence-corrected chi connectivity index (χ3v) is 2.63. The molecule has 0 N–H and O–H groups in total. The highest BCUT2D eigenvalue weighted by Gasteiger charge is 2.18. The number of ether oxygens (including phenoxy) is 2. The van der Waals surface area contributed by atoms with Gasteiger partial charge in [-0.15, -0.1) is 0 Å². The van der Waals surface area contributed by atoms with E-state index in [-0.39, 0.29) is 5.92 Å². The fraction of sp³-hybridized carbons (Fsp3) is 0.308. The van der Waals surface area contributed by atoms with Gasteiger partial charge in [-0.05, 0) is 19.3 Å². The molecule has 1 aliphatic carbocycles. The van der Waals surface area contributed by atoms with Crippen LogP contribution in [0.1, 0.15) is 19.3 Å². The second-order valence-electron chi connectivity index (χ2n) is 3.78. The maximum atomic E-state index is 11.0. The summed E-state index contributed by atoms with van der Waals surface area (Å²) in [6.45, 7) is 0. The molecule has 0 aromatic heterocycles. The van der Waals surface area contributed by atoms with Crippen molar-refractivity contribution in [3.63, 3.8) is 0 Å². The molecule has 0 aromatic carbocycles. The lowest BCUT2D eigenvalue weighted by molar-refractivity contribution is -0.111. The minimum atomic E-state index is -0.248. The predicted molar refractivity (Wildman–Crippen MR) is 60.0 cm³/mol. The third kappa shape index (κ3) is 2.63. The summed E-state index contributed by atoms with van der Waals surface area (Å²) >= 11 is 0. The van der Waals surface area contributed by atoms with E-state index in [1.54, 1.807) is 0 Å². The lowest BCUT2D eigenvalue weighted by Crippen LogP contribution is -2.11. The molecule has 16 heavy (non-hydrogen) atoms. The molecule has 2 aliphatic rings. The molecule has 0 saturated heterocycles. The Kier molecular flexibility index (Phi) is 3.59. The first-order chi connectivity index (χ1) is 7.90. The average Bonchev–Trinajstić information content (AvgIpc) is 2.38. The first-order valence-corrected chi connectivity index (χ1v) is 5.37. The Morgan fingerprint density at radius 3 is 3.00 bits per heavy atom. The molecule has 3 nitrogen and oxygen atoms in total. The van der Waals surface area contributed by atoms with Gasteiger partial charge in [-0.3, -0.25) is 0 Å². The van der Waals surface area contributed by atoms with E-state index in [0.717, 1.165) is 19.1 Å². The van der Waals surface area contributed by atoms with Gasteiger partial charge in [0, 0.05) is 0 Å². The fourth-order valence-corrected chi connectivity index (χ4v) is 1.77. The molecular formula is C13H14O3. The molecule has 0 bridgehead atoms. The van der Waals surface area contributed by atoms with E-state index >= 15 is 0 Å². The number of rotatable bonds is 4. The molecule has 0 spiro atoms. The molecule has 1 unspecified atom stereocenters. The van der Waals surface area contributed by atoms with Crippen LogP contribution in [0.5, 0.6) is 0 Å². The second kappa shape index (κ2) is 5.35. The van der Waals surface area contributed by atoms with Crippen molar-refractivity contribution in [3.05, 3.63) is 48.3 Å². The van der Waals surface area contributed by atoms with Crippen molar-refractivity contribution in [1.82, 2.24) is 0 Å². The van der Waals surface area contributed by atoms with E-state index in [0.29, 0.717) is 12.2 Å². The SMILES string of the molecule is O=CC(CC1=CC=CCC1)C1=COC=CO1. The highest BCUT2D eigenvalue weighted by molar-refractivity contribution is 5.58. The zero-order valence-electron chi connectivity index (χ0n) is 8.96. The average molecular weight is 218 g/mol. The quantitative estimate of drug-likeness (QED) is 0.680. The van der Waals surface area contributed by atoms with E-state index in [2.05, 4.69) is 12.2 Å². The molecule has 0 amide bonds. The summed E-state index contributed by atoms with van der Waals surface area (Å²) in [5.41, 5.74) is 1.28. The summed E-state index contributed by atoms with van der Waals surface area (Å²) in [6.07, 6.45) is 14.3. The van der Waals surface area contributed by atoms with Gasteiger partial charge in [0.1, 0.15) is 30.8 Å². The van der Waals surface area contributed by atoms with Crippen LogP contribution in [0.25, 0.3) is 0 Å². The van der Waals surface area contributed by atoms with Gasteiger partial charge >= 0.3 is 0 Å². The molecule has 1 heterocycles. The van der Waals surface area contributed by atoms with Crippen molar-refractivity contribution in [2.75, 3.05) is 0 Å². The molecule has 0 aromatic rings. The highest BCUT2D eigenvalue weighted by atomic mass is 16.5. The largest absolute Gasteiger partial charge is 0.466 e. The van der Waals surface area contributed by atoms with Crippen LogP contribution in [0, 0.1) is 5.92 Å². The van der Waals surface area contributed by atoms with E-state index < -0.39 is 0 Å². The van der Waals surface area contributed by atoms with Crippen LogP contribution in [0.4, 0.5) is 0 Å². The maximum Gasteiger partial charge on any atom is 0.149 e. The van der Waals surface area contributed by atoms with Gasteiger partial charge in [0.05, 0.1) is 5.92 Å². The zero-order chi connectivity index (χ0) is 11.2. The van der Waals surface area contributed by atoms with Crippen LogP contribution >= 0.6 is 0 Å². The molecule has 2 rings (SSSR count). The van der Waals surface area contributed by atoms with Gasteiger partial charge in [-0.25, -0.2) is 0 Å². The number of hydrogen-bond acceptors (Lipinski definition) is 3. The first-order valence-electron chi connectivity index (χ1n) is 5.37. The zero-order valence-corrected chi connectivity index (χ0v) is 8.96. The molecule has 1 atom stereocenters. The van der Waals surface area contributed by atoms with Gasteiger partial charge in [-0.1, -0.05) is 23.8 Å². The van der Waals surface area contributed by atoms with Crippen LogP contribution in [-0.4, -0.2) is 6.29 Å². The Morgan fingerprint density at radius 2 is 2.38 bits per heavy atom. The van der Waals surface area contributed by atoms with Crippen molar-refractivity contribution >= 4 is 6.29 Å². The minimum Gasteiger partial charge on any atom is -0.466 e. The molecule has 3 heteroatoms. The smallest absolute Gasteiger partial charge is 0.149 e. The second-order valence-corrected chi connectivity index (χ2v) is 3.78. The predicted octanol–water partition coefficient (Wildman–Crippen LogP) is 2.83. The van der Waals surface area contributed by atoms with Crippen LogP contribution in [0.2, 0.25) is 0 Å². The number of allylic oxidation sites excluding steroid dienone is 5. The number of carbonyl (C=O) groups excluding carboxylic acids is 1. The van der Waals surface area contributed by atoms with Gasteiger partial charge < -0.3 is 14.3 Å². The standard InChI is InChI=1S/C13H14O3/c14-9-12(13-10-15-6-7-16-13)8-11-4-2-1-3-5-11/h1-2,4,6-7,9-10,12H,3,5,8H2. The van der Waals surface area contributed by atoms with Crippen LogP contribution < -0.4 is 0 Å². The summed E-state index contributed by atoms with van der Waals surface area (Å²) in [7, 11) is 0. The lowest BCUT2D eigenvalue weighted by atomic mass is 9.93. The molecule has 0 radical (unpaired) electrons. The van der Waals surface area contributed by atoms with Gasteiger partial charge in [0.15, 0.2) is 0 Å². The van der Waals surface area contributed by atoms with Crippen molar-refractivity contribution in [2.24, 2.45) is 5.92 Å². The molecule has 84 valence electrons. The van der Waals surface area contributed by atoms with Gasteiger partial charge in [-0.2, -0.15) is 0 Å². The highest BCUT2D eigenvalue weighted by Crippen LogP contribution is 2.25. The van der Waals surface area contributed by atoms with Crippen LogP contribution in [-0.2, 0) is 14.3 Å². The van der Waals surface area contributed by atoms with Crippen molar-refractivity contribution < 1.29 is 14.3 Å². The number of aldehydes is 1. The summed E-state index contributed by atoms with van der Waals surface area (Å²) in [5.74, 6) is 0.329. The Balaban J connectivity index is 2.00. The summed E-state index contributed by atoms with van der Waals surface area (Å²) in [4.78, 5) is 11.0. The van der Waals surface area contributed by atoms with Crippen LogP contribution in [0.3, 0.4) is 0 Å². The summed E-state index contributed by atoms with van der Waals surface area (Å²) < 4.78 is 10.2. The molecule has 0 fully saturated rings. The Labute approximate surface area is 94.7 Å². The first kappa shape index (κ1) is 10.7. The van der Waals surface area contributed by atoms with Crippen molar-refractivity contribution in [3.8, 4) is 0 Å². The summed E-state index contributed by atoms with van der Waals surface area (Å²) in [5, 5.41) is 0. The van der Waals surface area contributed by atoms with Crippen LogP contribution in [0.15, 0.2) is 48.3 Å². The number of carbonyl (C=O) groups is 1. The van der Waals surface area contributed by atoms with Gasteiger partial charge in [0.25, 0.3) is 0 Å². The normalized spacial score (nSPS) is 20.2. The van der Waals surface area contributed by atoms with E-state index in [1.165, 1.54) is 24.4 Å². The number of hydrogen-bond donors (Lipinski definition) is 0. The monoisotopic (exact) mass is 218 g/mol.